The van der Waals surface area contributed by atoms with Crippen molar-refractivity contribution in [2.24, 2.45) is 0 Å². The van der Waals surface area contributed by atoms with Gasteiger partial charge < -0.3 is 14.8 Å². The predicted octanol–water partition coefficient (Wildman–Crippen LogP) is 2.07. The standard InChI is InChI=1S/C11H20ClNO4/c1-3-4-5-7-16-10(14)9(2)13-11(15)17-8-6-12/h9H,3-8H2,1-2H3,(H,13,15). The minimum atomic E-state index is -0.709. The molecule has 0 aromatic rings. The fourth-order valence-corrected chi connectivity index (χ4v) is 1.14. The lowest BCUT2D eigenvalue weighted by Crippen LogP contribution is -2.40. The Hall–Kier alpha value is -0.970. The van der Waals surface area contributed by atoms with E-state index in [0.29, 0.717) is 6.61 Å². The van der Waals surface area contributed by atoms with Crippen LogP contribution >= 0.6 is 11.6 Å². The molecule has 0 spiro atoms. The number of unbranched alkanes of at least 4 members (excludes halogenated alkanes) is 2. The van der Waals surface area contributed by atoms with E-state index in [1.165, 1.54) is 0 Å². The minimum absolute atomic E-state index is 0.117. The van der Waals surface area contributed by atoms with Crippen LogP contribution in [0.3, 0.4) is 0 Å². The molecule has 0 aliphatic rings. The van der Waals surface area contributed by atoms with Crippen LogP contribution in [0.5, 0.6) is 0 Å². The highest BCUT2D eigenvalue weighted by Crippen LogP contribution is 1.96. The van der Waals surface area contributed by atoms with E-state index in [0.717, 1.165) is 19.3 Å². The third kappa shape index (κ3) is 8.80. The molecule has 0 saturated heterocycles. The number of amides is 1. The van der Waals surface area contributed by atoms with Crippen molar-refractivity contribution < 1.29 is 19.1 Å². The SMILES string of the molecule is CCCCCOC(=O)C(C)NC(=O)OCCCl. The molecule has 0 fully saturated rings. The van der Waals surface area contributed by atoms with Crippen LogP contribution < -0.4 is 5.32 Å². The Labute approximate surface area is 107 Å². The summed E-state index contributed by atoms with van der Waals surface area (Å²) in [7, 11) is 0. The largest absolute Gasteiger partial charge is 0.464 e. The number of nitrogens with one attached hydrogen (secondary N) is 1. The van der Waals surface area contributed by atoms with Gasteiger partial charge in [0, 0.05) is 0 Å². The number of halogens is 1. The monoisotopic (exact) mass is 265 g/mol. The Kier molecular flexibility index (Phi) is 9.62. The maximum atomic E-state index is 11.4. The fraction of sp³-hybridized carbons (Fsp3) is 0.818. The molecule has 0 aromatic heterocycles. The second-order valence-electron chi connectivity index (χ2n) is 3.57. The van der Waals surface area contributed by atoms with Crippen molar-refractivity contribution in [1.29, 1.82) is 0 Å². The maximum Gasteiger partial charge on any atom is 0.407 e. The highest BCUT2D eigenvalue weighted by Gasteiger charge is 2.17. The molecule has 1 atom stereocenters. The number of hydrogen-bond acceptors (Lipinski definition) is 4. The number of rotatable bonds is 8. The van der Waals surface area contributed by atoms with E-state index in [9.17, 15) is 9.59 Å². The third-order valence-corrected chi connectivity index (χ3v) is 2.14. The zero-order valence-electron chi connectivity index (χ0n) is 10.3. The third-order valence-electron chi connectivity index (χ3n) is 1.99. The van der Waals surface area contributed by atoms with Crippen LogP contribution in [0.15, 0.2) is 0 Å². The number of carbonyl (C=O) groups excluding carboxylic acids is 2. The molecule has 1 N–H and O–H groups in total. The van der Waals surface area contributed by atoms with E-state index in [2.05, 4.69) is 17.0 Å². The van der Waals surface area contributed by atoms with Gasteiger partial charge in [-0.1, -0.05) is 19.8 Å². The van der Waals surface area contributed by atoms with Gasteiger partial charge in [-0.15, -0.1) is 11.6 Å². The summed E-state index contributed by atoms with van der Waals surface area (Å²) >= 11 is 5.35. The van der Waals surface area contributed by atoms with E-state index in [-0.39, 0.29) is 12.5 Å². The van der Waals surface area contributed by atoms with Crippen molar-refractivity contribution >= 4 is 23.7 Å². The van der Waals surface area contributed by atoms with E-state index < -0.39 is 18.1 Å². The highest BCUT2D eigenvalue weighted by atomic mass is 35.5. The van der Waals surface area contributed by atoms with Crippen LogP contribution in [0.2, 0.25) is 0 Å². The minimum Gasteiger partial charge on any atom is -0.464 e. The second-order valence-corrected chi connectivity index (χ2v) is 3.94. The van der Waals surface area contributed by atoms with Gasteiger partial charge in [-0.25, -0.2) is 9.59 Å². The summed E-state index contributed by atoms with van der Waals surface area (Å²) in [5.41, 5.74) is 0. The summed E-state index contributed by atoms with van der Waals surface area (Å²) in [5.74, 6) is -0.229. The molecule has 5 nitrogen and oxygen atoms in total. The normalized spacial score (nSPS) is 11.7. The molecule has 0 saturated carbocycles. The summed E-state index contributed by atoms with van der Waals surface area (Å²) < 4.78 is 9.64. The first-order chi connectivity index (χ1) is 8.11. The molecule has 0 aliphatic heterocycles. The second kappa shape index (κ2) is 10.2. The van der Waals surface area contributed by atoms with E-state index in [1.807, 2.05) is 0 Å². The molecule has 0 aliphatic carbocycles. The first-order valence-corrected chi connectivity index (χ1v) is 6.31. The van der Waals surface area contributed by atoms with Gasteiger partial charge in [0.2, 0.25) is 0 Å². The fourth-order valence-electron chi connectivity index (χ4n) is 1.06. The maximum absolute atomic E-state index is 11.4. The van der Waals surface area contributed by atoms with Crippen molar-refractivity contribution in [3.63, 3.8) is 0 Å². The van der Waals surface area contributed by atoms with Gasteiger partial charge in [0.15, 0.2) is 0 Å². The van der Waals surface area contributed by atoms with Crippen LogP contribution in [-0.4, -0.2) is 37.2 Å². The van der Waals surface area contributed by atoms with Crippen LogP contribution in [0.1, 0.15) is 33.1 Å². The molecular weight excluding hydrogens is 246 g/mol. The Morgan fingerprint density at radius 3 is 2.53 bits per heavy atom. The lowest BCUT2D eigenvalue weighted by Gasteiger charge is -2.13. The van der Waals surface area contributed by atoms with Crippen LogP contribution in [0, 0.1) is 0 Å². The van der Waals surface area contributed by atoms with Gasteiger partial charge in [0.1, 0.15) is 12.6 Å². The Bertz CT molecular complexity index is 236. The van der Waals surface area contributed by atoms with Crippen molar-refractivity contribution in [2.75, 3.05) is 19.1 Å². The lowest BCUT2D eigenvalue weighted by atomic mass is 10.3. The zero-order chi connectivity index (χ0) is 13.1. The highest BCUT2D eigenvalue weighted by molar-refractivity contribution is 6.18. The molecule has 0 rings (SSSR count). The molecule has 1 amide bonds. The molecule has 17 heavy (non-hydrogen) atoms. The number of carbonyl (C=O) groups is 2. The zero-order valence-corrected chi connectivity index (χ0v) is 11.1. The molecule has 1 unspecified atom stereocenters. The van der Waals surface area contributed by atoms with Crippen LogP contribution in [-0.2, 0) is 14.3 Å². The molecular formula is C11H20ClNO4. The Morgan fingerprint density at radius 1 is 1.24 bits per heavy atom. The average Bonchev–Trinajstić information content (AvgIpc) is 2.31. The number of ether oxygens (including phenoxy) is 2. The summed E-state index contributed by atoms with van der Waals surface area (Å²) in [6.45, 7) is 4.12. The van der Waals surface area contributed by atoms with E-state index in [1.54, 1.807) is 6.92 Å². The van der Waals surface area contributed by atoms with Gasteiger partial charge in [0.25, 0.3) is 0 Å². The average molecular weight is 266 g/mol. The van der Waals surface area contributed by atoms with Gasteiger partial charge in [0.05, 0.1) is 12.5 Å². The summed E-state index contributed by atoms with van der Waals surface area (Å²) in [5, 5.41) is 2.36. The van der Waals surface area contributed by atoms with Crippen molar-refractivity contribution in [3.05, 3.63) is 0 Å². The first kappa shape index (κ1) is 16.0. The van der Waals surface area contributed by atoms with E-state index in [4.69, 9.17) is 16.3 Å². The molecule has 0 radical (unpaired) electrons. The predicted molar refractivity (Wildman–Crippen MR) is 65.1 cm³/mol. The van der Waals surface area contributed by atoms with Gasteiger partial charge in [-0.3, -0.25) is 0 Å². The number of alkyl carbamates (subject to hydrolysis) is 1. The summed E-state index contributed by atoms with van der Waals surface area (Å²) in [4.78, 5) is 22.5. The van der Waals surface area contributed by atoms with Crippen LogP contribution in [0.25, 0.3) is 0 Å². The molecule has 6 heteroatoms. The van der Waals surface area contributed by atoms with Gasteiger partial charge in [-0.2, -0.15) is 0 Å². The van der Waals surface area contributed by atoms with Crippen LogP contribution in [0.4, 0.5) is 4.79 Å². The number of hydrogen-bond donors (Lipinski definition) is 1. The van der Waals surface area contributed by atoms with Crippen molar-refractivity contribution in [3.8, 4) is 0 Å². The Balaban J connectivity index is 3.69. The number of alkyl halides is 1. The summed E-state index contributed by atoms with van der Waals surface area (Å²) in [6.07, 6.45) is 2.26. The number of esters is 1. The smallest absolute Gasteiger partial charge is 0.407 e. The Morgan fingerprint density at radius 2 is 1.94 bits per heavy atom. The quantitative estimate of drug-likeness (QED) is 0.415. The molecule has 0 heterocycles. The topological polar surface area (TPSA) is 64.6 Å². The van der Waals surface area contributed by atoms with Gasteiger partial charge in [-0.05, 0) is 13.3 Å². The first-order valence-electron chi connectivity index (χ1n) is 5.77. The van der Waals surface area contributed by atoms with Crippen molar-refractivity contribution in [1.82, 2.24) is 5.32 Å². The van der Waals surface area contributed by atoms with Gasteiger partial charge >= 0.3 is 12.1 Å². The summed E-state index contributed by atoms with van der Waals surface area (Å²) in [6, 6.07) is -0.709. The molecule has 0 bridgehead atoms. The lowest BCUT2D eigenvalue weighted by molar-refractivity contribution is -0.145. The van der Waals surface area contributed by atoms with E-state index >= 15 is 0 Å². The molecule has 0 aromatic carbocycles. The van der Waals surface area contributed by atoms with Crippen molar-refractivity contribution in [2.45, 2.75) is 39.2 Å². The molecule has 100 valence electrons.